The highest BCUT2D eigenvalue weighted by Gasteiger charge is 2.35. The first-order chi connectivity index (χ1) is 20.4. The Morgan fingerprint density at radius 2 is 1.23 bits per heavy atom. The Morgan fingerprint density at radius 1 is 0.791 bits per heavy atom. The molecule has 238 valence electrons. The van der Waals surface area contributed by atoms with Gasteiger partial charge in [-0.2, -0.15) is 0 Å². The van der Waals surface area contributed by atoms with E-state index in [2.05, 4.69) is 90.5 Å². The summed E-state index contributed by atoms with van der Waals surface area (Å²) < 4.78 is 2.42. The van der Waals surface area contributed by atoms with Gasteiger partial charge in [0.15, 0.2) is 0 Å². The topological polar surface area (TPSA) is 37.3 Å². The van der Waals surface area contributed by atoms with E-state index in [0.29, 0.717) is 5.78 Å². The molecule has 2 nitrogen and oxygen atoms in total. The number of benzene rings is 2. The van der Waals surface area contributed by atoms with Gasteiger partial charge < -0.3 is 5.11 Å². The van der Waals surface area contributed by atoms with Crippen LogP contribution in [0.1, 0.15) is 144 Å². The summed E-state index contributed by atoms with van der Waals surface area (Å²) in [4.78, 5) is 10.9. The van der Waals surface area contributed by atoms with E-state index >= 15 is 0 Å². The largest absolute Gasteiger partial charge is 0.385 e. The van der Waals surface area contributed by atoms with Crippen LogP contribution in [-0.2, 0) is 10.4 Å². The molecule has 2 aromatic rings. The van der Waals surface area contributed by atoms with E-state index in [1.165, 1.54) is 107 Å². The first-order valence-corrected chi connectivity index (χ1v) is 18.8. The van der Waals surface area contributed by atoms with Gasteiger partial charge in [0, 0.05) is 20.9 Å². The molecule has 0 heterocycles. The summed E-state index contributed by atoms with van der Waals surface area (Å²) in [5, 5.41) is 11.1. The van der Waals surface area contributed by atoms with Gasteiger partial charge in [-0.3, -0.25) is 4.79 Å². The third-order valence-corrected chi connectivity index (χ3v) is 11.4. The molecule has 0 aromatic heterocycles. The first-order valence-electron chi connectivity index (χ1n) is 16.9. The molecular weight excluding hydrogens is 706 g/mol. The van der Waals surface area contributed by atoms with Crippen molar-refractivity contribution >= 4 is 57.6 Å². The number of unbranched alkanes of at least 4 members (excludes halogenated alkanes) is 4. The van der Waals surface area contributed by atoms with E-state index in [9.17, 15) is 9.90 Å². The van der Waals surface area contributed by atoms with Gasteiger partial charge in [-0.25, -0.2) is 0 Å². The van der Waals surface area contributed by atoms with Crippen LogP contribution in [0.4, 0.5) is 0 Å². The van der Waals surface area contributed by atoms with Gasteiger partial charge in [-0.15, -0.1) is 0 Å². The van der Waals surface area contributed by atoms with Crippen molar-refractivity contribution in [2.75, 3.05) is 0 Å². The number of halogens is 2. The minimum Gasteiger partial charge on any atom is -0.385 e. The molecule has 0 aliphatic heterocycles. The highest BCUT2D eigenvalue weighted by atomic mass is 127. The Kier molecular flexibility index (Phi) is 17.7. The van der Waals surface area contributed by atoms with Crippen LogP contribution in [0.5, 0.6) is 0 Å². The standard InChI is InChI=1S/C19H29BrO.C11H20O.C8H8BI/c1-4-5-6-7-16-8-10-19(21,11-9-16)17-12-14(2)18(20)15(3)13-17;1-2-3-4-5-10-6-8-11(12)9-7-10;1-5-3-7(10)4-6(2)8(5)9/h12-13,16,21H,4-11H2,1-3H3;10H,2-9H2,1H3;3-4H,1-2H3. The summed E-state index contributed by atoms with van der Waals surface area (Å²) in [5.74, 6) is 2.19. The third kappa shape index (κ3) is 13.3. The smallest absolute Gasteiger partial charge is 0.132 e. The first kappa shape index (κ1) is 38.5. The van der Waals surface area contributed by atoms with Crippen LogP contribution in [0.3, 0.4) is 0 Å². The molecule has 1 N–H and O–H groups in total. The Labute approximate surface area is 287 Å². The number of Topliss-reactive ketones (excluding diaryl/α,β-unsaturated/α-hetero) is 1. The second-order valence-electron chi connectivity index (χ2n) is 13.3. The quantitative estimate of drug-likeness (QED) is 0.157. The maximum absolute atomic E-state index is 11.1. The average Bonchev–Trinajstić information content (AvgIpc) is 2.97. The predicted octanol–water partition coefficient (Wildman–Crippen LogP) is 11.1. The Morgan fingerprint density at radius 3 is 1.67 bits per heavy atom. The van der Waals surface area contributed by atoms with E-state index in [4.69, 9.17) is 7.85 Å². The minimum atomic E-state index is -0.600. The predicted molar refractivity (Wildman–Crippen MR) is 199 cm³/mol. The molecule has 2 aliphatic rings. The molecule has 2 saturated carbocycles. The van der Waals surface area contributed by atoms with Crippen molar-refractivity contribution in [2.45, 2.75) is 150 Å². The minimum absolute atomic E-state index is 0.488. The molecule has 2 radical (unpaired) electrons. The number of rotatable bonds is 9. The van der Waals surface area contributed by atoms with Crippen LogP contribution in [-0.4, -0.2) is 18.7 Å². The number of hydrogen-bond acceptors (Lipinski definition) is 2. The Hall–Kier alpha value is -0.655. The summed E-state index contributed by atoms with van der Waals surface area (Å²) in [6.07, 6.45) is 19.0. The summed E-state index contributed by atoms with van der Waals surface area (Å²) in [7, 11) is 5.75. The van der Waals surface area contributed by atoms with Gasteiger partial charge in [0.25, 0.3) is 0 Å². The van der Waals surface area contributed by atoms with E-state index in [1.54, 1.807) is 0 Å². The van der Waals surface area contributed by atoms with Crippen LogP contribution < -0.4 is 5.46 Å². The number of aryl methyl sites for hydroxylation is 4. The zero-order valence-electron chi connectivity index (χ0n) is 28.0. The highest BCUT2D eigenvalue weighted by molar-refractivity contribution is 14.1. The van der Waals surface area contributed by atoms with Gasteiger partial charge in [0.2, 0.25) is 0 Å². The van der Waals surface area contributed by atoms with Crippen LogP contribution in [0.25, 0.3) is 0 Å². The van der Waals surface area contributed by atoms with E-state index < -0.39 is 5.60 Å². The number of carbonyl (C=O) groups excluding carboxylic acids is 1. The maximum Gasteiger partial charge on any atom is 0.132 e. The highest BCUT2D eigenvalue weighted by Crippen LogP contribution is 2.42. The van der Waals surface area contributed by atoms with E-state index in [0.717, 1.165) is 48.5 Å². The SMILES string of the molecule is CCCCCC1CCC(=O)CC1.CCCCCC1CCC(O)(c2cc(C)c(Br)c(C)c2)CC1.[B]c1c(C)cc(I)cc1C. The van der Waals surface area contributed by atoms with Crippen molar-refractivity contribution in [1.82, 2.24) is 0 Å². The van der Waals surface area contributed by atoms with E-state index in [1.807, 2.05) is 13.8 Å². The molecule has 0 saturated heterocycles. The third-order valence-electron chi connectivity index (χ3n) is 9.56. The molecule has 2 fully saturated rings. The molecule has 5 heteroatoms. The monoisotopic (exact) mass is 762 g/mol. The lowest BCUT2D eigenvalue weighted by Crippen LogP contribution is -2.31. The van der Waals surface area contributed by atoms with Gasteiger partial charge in [-0.1, -0.05) is 110 Å². The second-order valence-corrected chi connectivity index (χ2v) is 15.4. The van der Waals surface area contributed by atoms with Crippen molar-refractivity contribution in [3.8, 4) is 0 Å². The van der Waals surface area contributed by atoms with Gasteiger partial charge in [-0.05, 0) is 129 Å². The maximum atomic E-state index is 11.1. The van der Waals surface area contributed by atoms with Crippen molar-refractivity contribution in [2.24, 2.45) is 11.8 Å². The number of hydrogen-bond donors (Lipinski definition) is 1. The zero-order chi connectivity index (χ0) is 32.0. The van der Waals surface area contributed by atoms with Crippen molar-refractivity contribution in [3.05, 3.63) is 60.1 Å². The second kappa shape index (κ2) is 19.8. The molecule has 2 aliphatic carbocycles. The van der Waals surface area contributed by atoms with Crippen molar-refractivity contribution in [3.63, 3.8) is 0 Å². The van der Waals surface area contributed by atoms with Crippen molar-refractivity contribution < 1.29 is 9.90 Å². The van der Waals surface area contributed by atoms with Crippen LogP contribution >= 0.6 is 38.5 Å². The van der Waals surface area contributed by atoms with Crippen molar-refractivity contribution in [1.29, 1.82) is 0 Å². The summed E-state index contributed by atoms with van der Waals surface area (Å²) in [6.45, 7) is 12.8. The zero-order valence-corrected chi connectivity index (χ0v) is 31.7. The molecule has 0 amide bonds. The lowest BCUT2D eigenvalue weighted by atomic mass is 9.73. The molecule has 0 spiro atoms. The van der Waals surface area contributed by atoms with Crippen LogP contribution in [0.15, 0.2) is 28.7 Å². The molecule has 2 aromatic carbocycles. The number of carbonyl (C=O) groups is 1. The lowest BCUT2D eigenvalue weighted by molar-refractivity contribution is -0.121. The Bertz CT molecular complexity index is 1080. The fourth-order valence-electron chi connectivity index (χ4n) is 6.52. The number of aliphatic hydroxyl groups is 1. The van der Waals surface area contributed by atoms with E-state index in [-0.39, 0.29) is 0 Å². The summed E-state index contributed by atoms with van der Waals surface area (Å²) in [5.41, 5.74) is 6.23. The van der Waals surface area contributed by atoms with Gasteiger partial charge >= 0.3 is 0 Å². The fourth-order valence-corrected chi connectivity index (χ4v) is 7.69. The molecule has 0 bridgehead atoms. The summed E-state index contributed by atoms with van der Waals surface area (Å²) in [6, 6.07) is 8.49. The normalized spacial score (nSPS) is 20.6. The molecule has 43 heavy (non-hydrogen) atoms. The molecular formula is C38H57BBrIO2. The molecule has 0 atom stereocenters. The fraction of sp³-hybridized carbons (Fsp3) is 0.658. The number of ketones is 1. The van der Waals surface area contributed by atoms with Gasteiger partial charge in [0.05, 0.1) is 5.60 Å². The van der Waals surface area contributed by atoms with Crippen LogP contribution in [0.2, 0.25) is 0 Å². The van der Waals surface area contributed by atoms with Crippen LogP contribution in [0, 0.1) is 43.1 Å². The Balaban J connectivity index is 0.000000248. The average molecular weight is 763 g/mol. The van der Waals surface area contributed by atoms with Gasteiger partial charge in [0.1, 0.15) is 13.6 Å². The molecule has 4 rings (SSSR count). The lowest BCUT2D eigenvalue weighted by Gasteiger charge is -2.37. The molecule has 0 unspecified atom stereocenters. The summed E-state index contributed by atoms with van der Waals surface area (Å²) >= 11 is 5.91.